The average molecular weight is 487 g/mol. The highest BCUT2D eigenvalue weighted by Crippen LogP contribution is 2.23. The van der Waals surface area contributed by atoms with Crippen LogP contribution in [0.3, 0.4) is 0 Å². The van der Waals surface area contributed by atoms with E-state index in [1.54, 1.807) is 6.07 Å². The molecule has 0 saturated carbocycles. The molecule has 1 atom stereocenters. The molecule has 0 radical (unpaired) electrons. The Labute approximate surface area is 207 Å². The van der Waals surface area contributed by atoms with E-state index in [4.69, 9.17) is 27.6 Å². The molecule has 1 aromatic heterocycles. The summed E-state index contributed by atoms with van der Waals surface area (Å²) in [4.78, 5) is 17.6. The van der Waals surface area contributed by atoms with Crippen LogP contribution in [-0.2, 0) is 24.3 Å². The number of hydrogen-bond donors (Lipinski definition) is 0. The fraction of sp³-hybridized carbons (Fsp3) is 0.370. The van der Waals surface area contributed by atoms with Crippen LogP contribution in [0.15, 0.2) is 65.1 Å². The Morgan fingerprint density at radius 2 is 1.79 bits per heavy atom. The summed E-state index contributed by atoms with van der Waals surface area (Å²) in [6.45, 7) is 8.16. The Morgan fingerprint density at radius 3 is 2.42 bits per heavy atom. The van der Waals surface area contributed by atoms with E-state index in [-0.39, 0.29) is 11.9 Å². The molecule has 2 aromatic carbocycles. The highest BCUT2D eigenvalue weighted by Gasteiger charge is 2.22. The van der Waals surface area contributed by atoms with Crippen LogP contribution in [-0.4, -0.2) is 34.8 Å². The van der Waals surface area contributed by atoms with Crippen molar-refractivity contribution in [3.63, 3.8) is 0 Å². The van der Waals surface area contributed by atoms with Crippen LogP contribution in [0.1, 0.15) is 42.9 Å². The molecule has 6 heteroatoms. The van der Waals surface area contributed by atoms with Gasteiger partial charge in [-0.1, -0.05) is 66.5 Å². The number of amides is 1. The highest BCUT2D eigenvalue weighted by atomic mass is 35.5. The number of halogens is 2. The first-order valence-corrected chi connectivity index (χ1v) is 12.2. The molecule has 3 aromatic rings. The molecule has 1 amide bonds. The van der Waals surface area contributed by atoms with Crippen LogP contribution in [0.25, 0.3) is 0 Å². The number of carbonyl (C=O) groups excluding carboxylic acids is 1. The van der Waals surface area contributed by atoms with Crippen molar-refractivity contribution in [2.75, 3.05) is 13.1 Å². The van der Waals surface area contributed by atoms with Gasteiger partial charge in [0.15, 0.2) is 0 Å². The van der Waals surface area contributed by atoms with Crippen LogP contribution >= 0.6 is 23.2 Å². The maximum absolute atomic E-state index is 13.5. The normalized spacial score (nSPS) is 12.2. The van der Waals surface area contributed by atoms with E-state index in [0.717, 1.165) is 29.9 Å². The molecule has 0 aliphatic rings. The van der Waals surface area contributed by atoms with Crippen molar-refractivity contribution in [3.05, 3.63) is 93.4 Å². The monoisotopic (exact) mass is 486 g/mol. The minimum Gasteiger partial charge on any atom is -0.464 e. The molecule has 0 N–H and O–H groups in total. The van der Waals surface area contributed by atoms with Crippen molar-refractivity contribution in [3.8, 4) is 0 Å². The van der Waals surface area contributed by atoms with Gasteiger partial charge in [0, 0.05) is 29.2 Å². The summed E-state index contributed by atoms with van der Waals surface area (Å²) in [5.74, 6) is 1.72. The number of aryl methyl sites for hydroxylation is 1. The predicted octanol–water partition coefficient (Wildman–Crippen LogP) is 6.77. The van der Waals surface area contributed by atoms with E-state index in [2.05, 4.69) is 30.9 Å². The number of furan rings is 1. The largest absolute Gasteiger partial charge is 0.464 e. The third-order valence-corrected chi connectivity index (χ3v) is 6.54. The van der Waals surface area contributed by atoms with Gasteiger partial charge in [-0.3, -0.25) is 9.69 Å². The molecule has 3 rings (SSSR count). The minimum absolute atomic E-state index is 0.0744. The summed E-state index contributed by atoms with van der Waals surface area (Å²) in [6, 6.07) is 19.9. The molecular formula is C27H32Cl2N2O2. The zero-order valence-electron chi connectivity index (χ0n) is 19.6. The van der Waals surface area contributed by atoms with Gasteiger partial charge in [-0.05, 0) is 62.1 Å². The van der Waals surface area contributed by atoms with E-state index in [0.29, 0.717) is 36.2 Å². The zero-order valence-corrected chi connectivity index (χ0v) is 21.1. The minimum atomic E-state index is 0.0744. The molecule has 176 valence electrons. The Morgan fingerprint density at radius 1 is 1.03 bits per heavy atom. The lowest BCUT2D eigenvalue weighted by molar-refractivity contribution is -0.134. The van der Waals surface area contributed by atoms with E-state index >= 15 is 0 Å². The average Bonchev–Trinajstić information content (AvgIpc) is 3.22. The lowest BCUT2D eigenvalue weighted by Crippen LogP contribution is -2.43. The summed E-state index contributed by atoms with van der Waals surface area (Å²) < 4.78 is 5.77. The highest BCUT2D eigenvalue weighted by molar-refractivity contribution is 6.35. The van der Waals surface area contributed by atoms with Gasteiger partial charge in [-0.2, -0.15) is 0 Å². The summed E-state index contributed by atoms with van der Waals surface area (Å²) in [5, 5.41) is 1.23. The standard InChI is InChI=1S/C27H32Cl2N2O2/c1-4-20(2)31(17-23-11-12-24(28)16-26(23)29)19-27(32)30(18-25-13-10-21(3)33-25)15-14-22-8-6-5-7-9-22/h5-13,16,20H,4,14-15,17-19H2,1-3H3/t20-/m0/s1. The Balaban J connectivity index is 1.75. The maximum atomic E-state index is 13.5. The molecule has 0 fully saturated rings. The topological polar surface area (TPSA) is 36.7 Å². The van der Waals surface area contributed by atoms with Crippen molar-refractivity contribution in [1.82, 2.24) is 9.80 Å². The van der Waals surface area contributed by atoms with Crippen molar-refractivity contribution in [1.29, 1.82) is 0 Å². The van der Waals surface area contributed by atoms with E-state index < -0.39 is 0 Å². The lowest BCUT2D eigenvalue weighted by Gasteiger charge is -2.31. The first kappa shape index (κ1) is 25.4. The summed E-state index contributed by atoms with van der Waals surface area (Å²) in [7, 11) is 0. The van der Waals surface area contributed by atoms with Crippen LogP contribution in [0.5, 0.6) is 0 Å². The van der Waals surface area contributed by atoms with E-state index in [9.17, 15) is 4.79 Å². The van der Waals surface area contributed by atoms with Crippen molar-refractivity contribution in [2.45, 2.75) is 52.7 Å². The smallest absolute Gasteiger partial charge is 0.237 e. The van der Waals surface area contributed by atoms with Crippen LogP contribution < -0.4 is 0 Å². The van der Waals surface area contributed by atoms with Crippen LogP contribution in [0.2, 0.25) is 10.0 Å². The van der Waals surface area contributed by atoms with Gasteiger partial charge in [-0.15, -0.1) is 0 Å². The van der Waals surface area contributed by atoms with Crippen LogP contribution in [0, 0.1) is 6.92 Å². The molecule has 1 heterocycles. The fourth-order valence-electron chi connectivity index (χ4n) is 3.73. The van der Waals surface area contributed by atoms with Gasteiger partial charge in [0.05, 0.1) is 13.1 Å². The van der Waals surface area contributed by atoms with Crippen molar-refractivity contribution in [2.24, 2.45) is 0 Å². The first-order chi connectivity index (χ1) is 15.9. The molecule has 4 nitrogen and oxygen atoms in total. The number of nitrogens with zero attached hydrogens (tertiary/aromatic N) is 2. The second-order valence-electron chi connectivity index (χ2n) is 8.46. The summed E-state index contributed by atoms with van der Waals surface area (Å²) in [5.41, 5.74) is 2.17. The van der Waals surface area contributed by atoms with Gasteiger partial charge in [0.1, 0.15) is 11.5 Å². The Hall–Kier alpha value is -2.27. The van der Waals surface area contributed by atoms with Crippen LogP contribution in [0.4, 0.5) is 0 Å². The number of carbonyl (C=O) groups is 1. The number of benzene rings is 2. The summed E-state index contributed by atoms with van der Waals surface area (Å²) >= 11 is 12.5. The molecule has 0 saturated heterocycles. The lowest BCUT2D eigenvalue weighted by atomic mass is 10.1. The molecule has 0 unspecified atom stereocenters. The Kier molecular flexibility index (Phi) is 9.42. The van der Waals surface area contributed by atoms with Gasteiger partial charge >= 0.3 is 0 Å². The second-order valence-corrected chi connectivity index (χ2v) is 9.30. The van der Waals surface area contributed by atoms with Gasteiger partial charge in [0.2, 0.25) is 5.91 Å². The molecule has 33 heavy (non-hydrogen) atoms. The van der Waals surface area contributed by atoms with Gasteiger partial charge in [-0.25, -0.2) is 0 Å². The first-order valence-electron chi connectivity index (χ1n) is 11.4. The maximum Gasteiger partial charge on any atom is 0.237 e. The molecular weight excluding hydrogens is 455 g/mol. The SMILES string of the molecule is CC[C@H](C)N(CC(=O)N(CCc1ccccc1)Cc1ccc(C)o1)Cc1ccc(Cl)cc1Cl. The van der Waals surface area contributed by atoms with Crippen molar-refractivity contribution < 1.29 is 9.21 Å². The van der Waals surface area contributed by atoms with Gasteiger partial charge < -0.3 is 9.32 Å². The molecule has 0 bridgehead atoms. The van der Waals surface area contributed by atoms with E-state index in [1.165, 1.54) is 5.56 Å². The number of hydrogen-bond acceptors (Lipinski definition) is 3. The molecule has 0 spiro atoms. The molecule has 0 aliphatic heterocycles. The summed E-state index contributed by atoms with van der Waals surface area (Å²) in [6.07, 6.45) is 1.72. The van der Waals surface area contributed by atoms with Crippen molar-refractivity contribution >= 4 is 29.1 Å². The number of rotatable bonds is 11. The van der Waals surface area contributed by atoms with E-state index in [1.807, 2.05) is 54.3 Å². The third-order valence-electron chi connectivity index (χ3n) is 5.95. The van der Waals surface area contributed by atoms with Gasteiger partial charge in [0.25, 0.3) is 0 Å². The predicted molar refractivity (Wildman–Crippen MR) is 136 cm³/mol. The fourth-order valence-corrected chi connectivity index (χ4v) is 4.20. The zero-order chi connectivity index (χ0) is 23.8. The third kappa shape index (κ3) is 7.63. The second kappa shape index (κ2) is 12.3. The molecule has 0 aliphatic carbocycles. The quantitative estimate of drug-likeness (QED) is 0.300. The Bertz CT molecular complexity index is 1040.